The molecule has 0 aliphatic rings. The summed E-state index contributed by atoms with van der Waals surface area (Å²) in [5.41, 5.74) is 0. The largest absolute Gasteiger partial charge is 0.256 e. The van der Waals surface area contributed by atoms with Gasteiger partial charge in [-0.25, -0.2) is 8.42 Å². The number of hydrogen-bond acceptors (Lipinski definition) is 2. The second-order valence-corrected chi connectivity index (χ2v) is 4.75. The van der Waals surface area contributed by atoms with Crippen molar-refractivity contribution in [2.75, 3.05) is 0 Å². The lowest BCUT2D eigenvalue weighted by molar-refractivity contribution is 0.612. The summed E-state index contributed by atoms with van der Waals surface area (Å²) < 4.78 is 21.0. The summed E-state index contributed by atoms with van der Waals surface area (Å²) in [6, 6.07) is 0. The Morgan fingerprint density at radius 3 is 2.40 bits per heavy atom. The lowest BCUT2D eigenvalue weighted by Gasteiger charge is -1.97. The average molecular weight is 183 g/mol. The zero-order valence-corrected chi connectivity index (χ0v) is 7.50. The predicted molar refractivity (Wildman–Crippen MR) is 43.4 cm³/mol. The van der Waals surface area contributed by atoms with Gasteiger partial charge in [0, 0.05) is 10.7 Å². The molecular weight excluding hydrogens is 172 g/mol. The minimum absolute atomic E-state index is 0.121. The van der Waals surface area contributed by atoms with Crippen molar-refractivity contribution in [3.05, 3.63) is 11.5 Å². The second kappa shape index (κ2) is 3.98. The maximum atomic E-state index is 10.5. The van der Waals surface area contributed by atoms with Gasteiger partial charge in [0.05, 0.1) is 4.91 Å². The summed E-state index contributed by atoms with van der Waals surface area (Å²) in [4.78, 5) is 0.121. The number of allylic oxidation sites excluding steroid dienone is 1. The van der Waals surface area contributed by atoms with Crippen LogP contribution in [0.25, 0.3) is 0 Å². The molecule has 0 aromatic rings. The van der Waals surface area contributed by atoms with Crippen molar-refractivity contribution in [1.82, 2.24) is 0 Å². The van der Waals surface area contributed by atoms with Crippen LogP contribution >= 0.6 is 10.7 Å². The molecule has 0 saturated heterocycles. The first-order chi connectivity index (χ1) is 4.48. The molecule has 0 fully saturated rings. The fourth-order valence-corrected chi connectivity index (χ4v) is 1.12. The molecule has 0 bridgehead atoms. The Bertz CT molecular complexity index is 206. The van der Waals surface area contributed by atoms with Gasteiger partial charge in [-0.1, -0.05) is 19.9 Å². The molecule has 0 amide bonds. The first-order valence-electron chi connectivity index (χ1n) is 3.11. The van der Waals surface area contributed by atoms with Crippen LogP contribution in [0.4, 0.5) is 0 Å². The first-order valence-corrected chi connectivity index (χ1v) is 5.42. The van der Waals surface area contributed by atoms with Crippen molar-refractivity contribution >= 4 is 19.7 Å². The fraction of sp³-hybridized carbons (Fsp3) is 0.667. The standard InChI is InChI=1S/C6H11ClO2S/c1-3-4-5-6(2)10(7,8)9/h2-5H2,1H3. The molecule has 4 heteroatoms. The Morgan fingerprint density at radius 1 is 1.60 bits per heavy atom. The first kappa shape index (κ1) is 9.98. The Labute approximate surface area is 66.3 Å². The van der Waals surface area contributed by atoms with Gasteiger partial charge in [0.1, 0.15) is 0 Å². The lowest BCUT2D eigenvalue weighted by Crippen LogP contribution is -1.92. The van der Waals surface area contributed by atoms with Gasteiger partial charge in [-0.3, -0.25) is 0 Å². The normalized spacial score (nSPS) is 11.4. The maximum Gasteiger partial charge on any atom is 0.256 e. The maximum absolute atomic E-state index is 10.5. The highest BCUT2D eigenvalue weighted by Gasteiger charge is 2.09. The molecule has 0 aliphatic heterocycles. The molecular formula is C6H11ClO2S. The topological polar surface area (TPSA) is 34.1 Å². The highest BCUT2D eigenvalue weighted by Crippen LogP contribution is 2.15. The third-order valence-corrected chi connectivity index (χ3v) is 2.70. The van der Waals surface area contributed by atoms with Crippen LogP contribution in [-0.4, -0.2) is 8.42 Å². The molecule has 0 heterocycles. The van der Waals surface area contributed by atoms with E-state index < -0.39 is 9.05 Å². The van der Waals surface area contributed by atoms with E-state index in [1.165, 1.54) is 0 Å². The molecule has 2 nitrogen and oxygen atoms in total. The molecule has 0 aromatic carbocycles. The van der Waals surface area contributed by atoms with Crippen LogP contribution in [-0.2, 0) is 9.05 Å². The van der Waals surface area contributed by atoms with E-state index in [4.69, 9.17) is 10.7 Å². The number of rotatable bonds is 4. The molecule has 0 aromatic heterocycles. The molecule has 0 N–H and O–H groups in total. The quantitative estimate of drug-likeness (QED) is 0.625. The summed E-state index contributed by atoms with van der Waals surface area (Å²) >= 11 is 0. The van der Waals surface area contributed by atoms with Gasteiger partial charge in [0.15, 0.2) is 0 Å². The summed E-state index contributed by atoms with van der Waals surface area (Å²) in [6.07, 6.45) is 2.25. The molecule has 10 heavy (non-hydrogen) atoms. The van der Waals surface area contributed by atoms with Crippen molar-refractivity contribution in [2.24, 2.45) is 0 Å². The van der Waals surface area contributed by atoms with E-state index >= 15 is 0 Å². The van der Waals surface area contributed by atoms with Crippen LogP contribution in [0.1, 0.15) is 26.2 Å². The Kier molecular flexibility index (Phi) is 3.98. The highest BCUT2D eigenvalue weighted by molar-refractivity contribution is 8.16. The number of halogens is 1. The van der Waals surface area contributed by atoms with Crippen LogP contribution in [0, 0.1) is 0 Å². The minimum atomic E-state index is -3.50. The van der Waals surface area contributed by atoms with E-state index in [1.807, 2.05) is 6.92 Å². The zero-order valence-electron chi connectivity index (χ0n) is 5.93. The van der Waals surface area contributed by atoms with Crippen LogP contribution in [0.15, 0.2) is 11.5 Å². The van der Waals surface area contributed by atoms with Gasteiger partial charge in [0.2, 0.25) is 0 Å². The van der Waals surface area contributed by atoms with Crippen molar-refractivity contribution in [3.8, 4) is 0 Å². The van der Waals surface area contributed by atoms with Gasteiger partial charge in [0.25, 0.3) is 9.05 Å². The van der Waals surface area contributed by atoms with Gasteiger partial charge < -0.3 is 0 Å². The van der Waals surface area contributed by atoms with Gasteiger partial charge in [-0.05, 0) is 12.8 Å². The Balaban J connectivity index is 3.88. The van der Waals surface area contributed by atoms with E-state index in [1.54, 1.807) is 0 Å². The van der Waals surface area contributed by atoms with E-state index in [0.29, 0.717) is 6.42 Å². The molecule has 0 atom stereocenters. The summed E-state index contributed by atoms with van der Waals surface area (Å²) in [5.74, 6) is 0. The summed E-state index contributed by atoms with van der Waals surface area (Å²) in [6.45, 7) is 5.32. The van der Waals surface area contributed by atoms with Gasteiger partial charge in [-0.15, -0.1) is 0 Å². The van der Waals surface area contributed by atoms with Crippen molar-refractivity contribution in [3.63, 3.8) is 0 Å². The fourth-order valence-electron chi connectivity index (χ4n) is 0.496. The van der Waals surface area contributed by atoms with Crippen LogP contribution in [0.2, 0.25) is 0 Å². The summed E-state index contributed by atoms with van der Waals surface area (Å²) in [5, 5.41) is 0. The van der Waals surface area contributed by atoms with E-state index in [0.717, 1.165) is 12.8 Å². The zero-order chi connectivity index (χ0) is 8.20. The van der Waals surface area contributed by atoms with Gasteiger partial charge in [-0.2, -0.15) is 0 Å². The summed E-state index contributed by atoms with van der Waals surface area (Å²) in [7, 11) is 1.49. The van der Waals surface area contributed by atoms with E-state index in [2.05, 4.69) is 6.58 Å². The molecule has 0 unspecified atom stereocenters. The molecule has 60 valence electrons. The molecule has 0 rings (SSSR count). The SMILES string of the molecule is C=C(CCCC)S(=O)(=O)Cl. The third kappa shape index (κ3) is 3.90. The van der Waals surface area contributed by atoms with Gasteiger partial charge >= 0.3 is 0 Å². The van der Waals surface area contributed by atoms with Crippen LogP contribution in [0.3, 0.4) is 0 Å². The molecule has 0 saturated carbocycles. The Morgan fingerprint density at radius 2 is 2.10 bits per heavy atom. The van der Waals surface area contributed by atoms with Crippen molar-refractivity contribution in [1.29, 1.82) is 0 Å². The molecule has 0 radical (unpaired) electrons. The average Bonchev–Trinajstić information content (AvgIpc) is 1.80. The Hall–Kier alpha value is -0.0200. The van der Waals surface area contributed by atoms with Crippen LogP contribution in [0.5, 0.6) is 0 Å². The lowest BCUT2D eigenvalue weighted by atomic mass is 10.2. The van der Waals surface area contributed by atoms with Crippen LogP contribution < -0.4 is 0 Å². The monoisotopic (exact) mass is 182 g/mol. The molecule has 0 spiro atoms. The van der Waals surface area contributed by atoms with E-state index in [-0.39, 0.29) is 4.91 Å². The molecule has 0 aliphatic carbocycles. The number of hydrogen-bond donors (Lipinski definition) is 0. The third-order valence-electron chi connectivity index (χ3n) is 1.15. The predicted octanol–water partition coefficient (Wildman–Crippen LogP) is 2.26. The smallest absolute Gasteiger partial charge is 0.207 e. The van der Waals surface area contributed by atoms with Crippen molar-refractivity contribution < 1.29 is 8.42 Å². The second-order valence-electron chi connectivity index (χ2n) is 2.08. The van der Waals surface area contributed by atoms with Crippen molar-refractivity contribution in [2.45, 2.75) is 26.2 Å². The highest BCUT2D eigenvalue weighted by atomic mass is 35.7. The minimum Gasteiger partial charge on any atom is -0.207 e. The number of unbranched alkanes of at least 4 members (excludes halogenated alkanes) is 1. The van der Waals surface area contributed by atoms with E-state index in [9.17, 15) is 8.42 Å².